The van der Waals surface area contributed by atoms with E-state index in [1.165, 1.54) is 0 Å². The van der Waals surface area contributed by atoms with Crippen molar-refractivity contribution in [1.29, 1.82) is 0 Å². The van der Waals surface area contributed by atoms with Gasteiger partial charge in [-0.3, -0.25) is 59.6 Å². The fourth-order valence-corrected chi connectivity index (χ4v) is 13.1. The van der Waals surface area contributed by atoms with Crippen molar-refractivity contribution in [2.45, 2.75) is 195 Å². The van der Waals surface area contributed by atoms with Gasteiger partial charge < -0.3 is 41.0 Å². The van der Waals surface area contributed by atoms with Gasteiger partial charge in [-0.15, -0.1) is 0 Å². The Morgan fingerprint density at radius 2 is 0.537 bits per heavy atom. The quantitative estimate of drug-likeness (QED) is 0.0225. The molecule has 0 aromatic heterocycles. The minimum atomic E-state index is -0.925. The first-order chi connectivity index (χ1) is 50.6. The number of rotatable bonds is 26. The van der Waals surface area contributed by atoms with Crippen LogP contribution in [0.4, 0.5) is 22.7 Å². The van der Waals surface area contributed by atoms with Crippen LogP contribution in [0.25, 0.3) is 0 Å². The topological polar surface area (TPSA) is 292 Å². The minimum Gasteiger partial charge on any atom is -0.480 e. The van der Waals surface area contributed by atoms with Crippen molar-refractivity contribution in [2.24, 2.45) is 0 Å². The number of aryl methyl sites for hydroxylation is 8. The molecule has 4 heterocycles. The Bertz CT molecular complexity index is 3830. The lowest BCUT2D eigenvalue weighted by Gasteiger charge is -2.23. The molecule has 8 aromatic rings. The summed E-state index contributed by atoms with van der Waals surface area (Å²) in [6.45, 7) is 4.23. The molecule has 0 aliphatic carbocycles. The van der Waals surface area contributed by atoms with Gasteiger partial charge in [0.15, 0.2) is 0 Å². The number of amides is 4. The molecular weight excluding hydrogens is 1360 g/mol. The molecule has 4 amide bonds. The number of hydrogen-bond acceptors (Lipinski definition) is 14. The highest BCUT2D eigenvalue weighted by atomic mass is 16.5. The van der Waals surface area contributed by atoms with Gasteiger partial charge in [0, 0.05) is 22.7 Å². The van der Waals surface area contributed by atoms with Crippen LogP contribution in [0.2, 0.25) is 0 Å². The van der Waals surface area contributed by atoms with Gasteiger partial charge in [-0.25, -0.2) is 0 Å². The Morgan fingerprint density at radius 3 is 0.759 bits per heavy atom. The second kappa shape index (κ2) is 46.4. The number of carbonyl (C=O) groups excluding carboxylic acids is 6. The van der Waals surface area contributed by atoms with E-state index >= 15 is 0 Å². The van der Waals surface area contributed by atoms with Crippen LogP contribution in [-0.2, 0) is 99.2 Å². The number of hydrogen-bond donors (Lipinski definition) is 10. The molecule has 4 aliphatic rings. The first-order valence-corrected chi connectivity index (χ1v) is 36.1. The summed E-state index contributed by atoms with van der Waals surface area (Å²) in [6, 6.07) is 66.2. The Morgan fingerprint density at radius 1 is 0.333 bits per heavy atom. The number of nitrogens with one attached hydrogen (secondary N) is 8. The largest absolute Gasteiger partial charge is 0.480 e. The molecule has 2 unspecified atom stereocenters. The summed E-state index contributed by atoms with van der Waals surface area (Å²) in [5.41, 5.74) is 12.2. The lowest BCUT2D eigenvalue weighted by molar-refractivity contribution is -0.147. The molecule has 576 valence electrons. The van der Waals surface area contributed by atoms with E-state index in [2.05, 4.69) is 42.5 Å². The van der Waals surface area contributed by atoms with Crippen molar-refractivity contribution in [3.05, 3.63) is 263 Å². The number of para-hydroxylation sites is 4. The summed E-state index contributed by atoms with van der Waals surface area (Å²) in [7, 11) is 0. The van der Waals surface area contributed by atoms with Crippen LogP contribution in [0.5, 0.6) is 0 Å². The van der Waals surface area contributed by atoms with Crippen molar-refractivity contribution < 1.29 is 58.0 Å². The lowest BCUT2D eigenvalue weighted by atomic mass is 10.0. The smallest absolute Gasteiger partial charge is 0.323 e. The molecule has 4 aliphatic heterocycles. The van der Waals surface area contributed by atoms with E-state index in [1.54, 1.807) is 13.8 Å². The predicted molar refractivity (Wildman–Crippen MR) is 431 cm³/mol. The maximum atomic E-state index is 12.6. The third-order valence-electron chi connectivity index (χ3n) is 18.8. The number of fused-ring (bicyclic) bond motifs is 4. The van der Waals surface area contributed by atoms with Crippen LogP contribution in [-0.4, -0.2) is 119 Å². The van der Waals surface area contributed by atoms with E-state index in [0.717, 1.165) is 106 Å². The standard InChI is InChI=1S/2C22H26N2O3.2C20H22N2O3.4CH4/c2*1-2-27-22(26)20(14-12-16-8-4-3-5-9-16)23-19-15-13-17-10-6-7-11-18(17)24-21(19)25;2*23-19-17(13-11-15-8-4-5-9-16(15)22-19)21-18(20(24)25)12-10-14-6-2-1-3-7-14;;;;/h2*3-11,19-20,23H,2,12-15H2,1H3,(H,24,25);2*1-9,17-18,21H,10-13H2,(H,22,23)(H,24,25);4*1H4/t19?,20-;19-,20-;17?,18-;17-,18-;;;;/m0000..../s1. The van der Waals surface area contributed by atoms with E-state index in [-0.39, 0.29) is 65.3 Å². The highest BCUT2D eigenvalue weighted by Crippen LogP contribution is 2.27. The monoisotopic (exact) mass is 1470 g/mol. The molecular formula is C88H112N8O12. The third-order valence-corrected chi connectivity index (χ3v) is 18.8. The zero-order valence-corrected chi connectivity index (χ0v) is 59.1. The summed E-state index contributed by atoms with van der Waals surface area (Å²) < 4.78 is 10.5. The number of esters is 2. The van der Waals surface area contributed by atoms with Crippen LogP contribution in [0, 0.1) is 0 Å². The number of carboxylic acids is 2. The van der Waals surface area contributed by atoms with Gasteiger partial charge in [0.05, 0.1) is 37.4 Å². The Balaban J connectivity index is 0.000000255. The molecule has 0 saturated heterocycles. The van der Waals surface area contributed by atoms with Gasteiger partial charge in [0.1, 0.15) is 24.2 Å². The van der Waals surface area contributed by atoms with Crippen LogP contribution in [0.3, 0.4) is 0 Å². The zero-order chi connectivity index (χ0) is 73.4. The van der Waals surface area contributed by atoms with Crippen molar-refractivity contribution >= 4 is 70.3 Å². The first kappa shape index (κ1) is 88.0. The van der Waals surface area contributed by atoms with Crippen molar-refractivity contribution in [3.8, 4) is 0 Å². The van der Waals surface area contributed by atoms with Crippen molar-refractivity contribution in [2.75, 3.05) is 34.5 Å². The number of carbonyl (C=O) groups is 8. The van der Waals surface area contributed by atoms with Crippen molar-refractivity contribution in [1.82, 2.24) is 21.3 Å². The van der Waals surface area contributed by atoms with Crippen LogP contribution in [0.1, 0.15) is 139 Å². The molecule has 0 spiro atoms. The summed E-state index contributed by atoms with van der Waals surface area (Å²) in [5, 5.41) is 43.3. The molecule has 8 atom stereocenters. The van der Waals surface area contributed by atoms with Gasteiger partial charge in [-0.1, -0.05) is 224 Å². The van der Waals surface area contributed by atoms with Crippen LogP contribution < -0.4 is 42.5 Å². The molecule has 8 aromatic carbocycles. The average molecular weight is 1470 g/mol. The lowest BCUT2D eigenvalue weighted by Crippen LogP contribution is -2.49. The van der Waals surface area contributed by atoms with Crippen LogP contribution >= 0.6 is 0 Å². The average Bonchev–Trinajstić information content (AvgIpc) is 1.72. The second-order valence-corrected chi connectivity index (χ2v) is 26.1. The zero-order valence-electron chi connectivity index (χ0n) is 59.1. The number of ether oxygens (including phenoxy) is 2. The fourth-order valence-electron chi connectivity index (χ4n) is 13.1. The first-order valence-electron chi connectivity index (χ1n) is 36.1. The highest BCUT2D eigenvalue weighted by molar-refractivity contribution is 5.99. The summed E-state index contributed by atoms with van der Waals surface area (Å²) in [6.07, 6.45) is 10.3. The SMILES string of the molecule is C.C.C.C.CCOC(=O)[C@H](CCc1ccccc1)NC1CCc2ccccc2NC1=O.CCOC(=O)[C@H](CCc1ccccc1)N[C@H]1CCc2ccccc2NC1=O.O=C(O)[C@H](CCc1ccccc1)N[C@H]1CCc2ccccc2NC1=O.O=C1Nc2ccccc2CCC1N[C@@H](CCc1ccccc1)C(=O)O. The van der Waals surface area contributed by atoms with Crippen LogP contribution in [0.15, 0.2) is 218 Å². The number of anilines is 4. The number of benzene rings is 8. The van der Waals surface area contributed by atoms with Gasteiger partial charge in [-0.2, -0.15) is 0 Å². The molecule has 0 radical (unpaired) electrons. The highest BCUT2D eigenvalue weighted by Gasteiger charge is 2.34. The summed E-state index contributed by atoms with van der Waals surface area (Å²) >= 11 is 0. The maximum absolute atomic E-state index is 12.6. The van der Waals surface area contributed by atoms with E-state index in [1.807, 2.05) is 218 Å². The molecule has 20 heteroatoms. The van der Waals surface area contributed by atoms with Gasteiger partial charge >= 0.3 is 23.9 Å². The second-order valence-electron chi connectivity index (χ2n) is 26.1. The fraction of sp³-hybridized carbons (Fsp3) is 0.364. The van der Waals surface area contributed by atoms with Gasteiger partial charge in [0.25, 0.3) is 0 Å². The van der Waals surface area contributed by atoms with E-state index in [9.17, 15) is 48.6 Å². The number of aliphatic carboxylic acids is 2. The number of carboxylic acid groups (broad SMARTS) is 2. The molecule has 20 nitrogen and oxygen atoms in total. The van der Waals surface area contributed by atoms with E-state index in [4.69, 9.17) is 9.47 Å². The van der Waals surface area contributed by atoms with Crippen molar-refractivity contribution in [3.63, 3.8) is 0 Å². The summed E-state index contributed by atoms with van der Waals surface area (Å²) in [4.78, 5) is 98.3. The Labute approximate surface area is 638 Å². The molecule has 108 heavy (non-hydrogen) atoms. The molecule has 0 bridgehead atoms. The minimum absolute atomic E-state index is 0. The molecule has 12 rings (SSSR count). The maximum Gasteiger partial charge on any atom is 0.323 e. The summed E-state index contributed by atoms with van der Waals surface area (Å²) in [5.74, 6) is -3.00. The van der Waals surface area contributed by atoms with E-state index in [0.29, 0.717) is 77.4 Å². The van der Waals surface area contributed by atoms with Gasteiger partial charge in [0.2, 0.25) is 23.6 Å². The molecule has 0 saturated carbocycles. The Hall–Kier alpha value is -10.6. The van der Waals surface area contributed by atoms with Gasteiger partial charge in [-0.05, 0) is 185 Å². The predicted octanol–water partition coefficient (Wildman–Crippen LogP) is 14.0. The third kappa shape index (κ3) is 27.6. The van der Waals surface area contributed by atoms with E-state index < -0.39 is 60.3 Å². The normalized spacial score (nSPS) is 17.0. The Kier molecular flexibility index (Phi) is 37.8. The molecule has 0 fully saturated rings. The molecule has 10 N–H and O–H groups in total.